The summed E-state index contributed by atoms with van der Waals surface area (Å²) in [7, 11) is 0. The number of para-hydroxylation sites is 1. The van der Waals surface area contributed by atoms with Gasteiger partial charge < -0.3 is 9.84 Å². The van der Waals surface area contributed by atoms with Crippen molar-refractivity contribution >= 4 is 22.5 Å². The molecule has 1 N–H and O–H groups in total. The number of aliphatic hydroxyl groups excluding tert-OH is 1. The van der Waals surface area contributed by atoms with Crippen LogP contribution in [0.25, 0.3) is 10.9 Å². The van der Waals surface area contributed by atoms with Gasteiger partial charge in [-0.05, 0) is 30.3 Å². The lowest BCUT2D eigenvalue weighted by Gasteiger charge is -2.13. The molecule has 2 aromatic carbocycles. The lowest BCUT2D eigenvalue weighted by atomic mass is 10.1. The molecule has 0 aliphatic heterocycles. The maximum absolute atomic E-state index is 10.2. The summed E-state index contributed by atoms with van der Waals surface area (Å²) >= 11 is 5.89. The maximum Gasteiger partial charge on any atom is 0.120 e. The van der Waals surface area contributed by atoms with Gasteiger partial charge in [0.2, 0.25) is 0 Å². The number of hydrogen-bond acceptors (Lipinski definition) is 3. The maximum atomic E-state index is 10.2. The van der Waals surface area contributed by atoms with Gasteiger partial charge in [-0.1, -0.05) is 35.9 Å². The Bertz CT molecular complexity index is 760. The van der Waals surface area contributed by atoms with Gasteiger partial charge in [-0.15, -0.1) is 0 Å². The van der Waals surface area contributed by atoms with Crippen molar-refractivity contribution in [3.05, 3.63) is 71.4 Å². The number of rotatable bonds is 4. The van der Waals surface area contributed by atoms with Crippen LogP contribution in [0.15, 0.2) is 60.8 Å². The normalized spacial score (nSPS) is 12.3. The van der Waals surface area contributed by atoms with Gasteiger partial charge in [0.25, 0.3) is 0 Å². The molecule has 1 aromatic heterocycles. The van der Waals surface area contributed by atoms with Crippen molar-refractivity contribution in [2.75, 3.05) is 6.61 Å². The van der Waals surface area contributed by atoms with E-state index in [2.05, 4.69) is 4.98 Å². The molecule has 0 radical (unpaired) electrons. The first-order chi connectivity index (χ1) is 10.2. The molecule has 3 rings (SSSR count). The second-order valence-electron chi connectivity index (χ2n) is 4.75. The second kappa shape index (κ2) is 6.12. The summed E-state index contributed by atoms with van der Waals surface area (Å²) < 4.78 is 5.55. The van der Waals surface area contributed by atoms with E-state index in [9.17, 15) is 5.11 Å². The molecule has 21 heavy (non-hydrogen) atoms. The number of aliphatic hydroxyl groups is 1. The molecule has 1 unspecified atom stereocenters. The summed E-state index contributed by atoms with van der Waals surface area (Å²) in [6.07, 6.45) is 0.940. The highest BCUT2D eigenvalue weighted by Gasteiger charge is 2.10. The Morgan fingerprint density at radius 3 is 2.81 bits per heavy atom. The molecule has 0 fully saturated rings. The third-order valence-electron chi connectivity index (χ3n) is 3.20. The zero-order chi connectivity index (χ0) is 14.7. The van der Waals surface area contributed by atoms with Crippen LogP contribution in [0.1, 0.15) is 11.7 Å². The second-order valence-corrected chi connectivity index (χ2v) is 5.18. The summed E-state index contributed by atoms with van der Waals surface area (Å²) in [6, 6.07) is 16.8. The van der Waals surface area contributed by atoms with Crippen LogP contribution < -0.4 is 4.74 Å². The highest BCUT2D eigenvalue weighted by atomic mass is 35.5. The molecule has 1 heterocycles. The minimum absolute atomic E-state index is 0.153. The van der Waals surface area contributed by atoms with E-state index in [1.807, 2.05) is 36.4 Å². The molecule has 0 bridgehead atoms. The summed E-state index contributed by atoms with van der Waals surface area (Å²) in [5, 5.41) is 11.8. The molecule has 1 atom stereocenters. The number of aromatic nitrogens is 1. The number of fused-ring (bicyclic) bond motifs is 1. The van der Waals surface area contributed by atoms with Crippen molar-refractivity contribution in [3.63, 3.8) is 0 Å². The molecular formula is C17H14ClNO2. The smallest absolute Gasteiger partial charge is 0.120 e. The molecular weight excluding hydrogens is 286 g/mol. The van der Waals surface area contributed by atoms with Gasteiger partial charge in [0.15, 0.2) is 0 Å². The van der Waals surface area contributed by atoms with Crippen molar-refractivity contribution < 1.29 is 9.84 Å². The van der Waals surface area contributed by atoms with Crippen molar-refractivity contribution in [1.29, 1.82) is 0 Å². The Hall–Kier alpha value is -2.10. The average Bonchev–Trinajstić information content (AvgIpc) is 2.52. The van der Waals surface area contributed by atoms with Crippen LogP contribution in [0, 0.1) is 0 Å². The molecule has 3 aromatic rings. The Balaban J connectivity index is 1.73. The lowest BCUT2D eigenvalue weighted by Crippen LogP contribution is -2.10. The summed E-state index contributed by atoms with van der Waals surface area (Å²) in [5.74, 6) is 0.635. The van der Waals surface area contributed by atoms with E-state index in [1.165, 1.54) is 0 Å². The highest BCUT2D eigenvalue weighted by Crippen LogP contribution is 2.21. The minimum Gasteiger partial charge on any atom is -0.490 e. The monoisotopic (exact) mass is 299 g/mol. The quantitative estimate of drug-likeness (QED) is 0.792. The Labute approximate surface area is 127 Å². The summed E-state index contributed by atoms with van der Waals surface area (Å²) in [6.45, 7) is 0.153. The van der Waals surface area contributed by atoms with Crippen molar-refractivity contribution in [3.8, 4) is 5.75 Å². The van der Waals surface area contributed by atoms with Gasteiger partial charge in [0.1, 0.15) is 18.5 Å². The summed E-state index contributed by atoms with van der Waals surface area (Å²) in [4.78, 5) is 4.33. The van der Waals surface area contributed by atoms with Gasteiger partial charge in [-0.2, -0.15) is 0 Å². The van der Waals surface area contributed by atoms with E-state index < -0.39 is 6.10 Å². The fraction of sp³-hybridized carbons (Fsp3) is 0.118. The molecule has 106 valence electrons. The molecule has 4 heteroatoms. The SMILES string of the molecule is OC(COc1cccc(Cl)c1)c1cnc2ccccc2c1. The summed E-state index contributed by atoms with van der Waals surface area (Å²) in [5.41, 5.74) is 1.64. The van der Waals surface area contributed by atoms with Crippen molar-refractivity contribution in [2.45, 2.75) is 6.10 Å². The van der Waals surface area contributed by atoms with Crippen LogP contribution in [-0.4, -0.2) is 16.7 Å². The number of halogens is 1. The number of pyridine rings is 1. The van der Waals surface area contributed by atoms with Gasteiger partial charge in [-0.3, -0.25) is 4.98 Å². The van der Waals surface area contributed by atoms with Gasteiger partial charge in [0.05, 0.1) is 5.52 Å². The topological polar surface area (TPSA) is 42.4 Å². The zero-order valence-electron chi connectivity index (χ0n) is 11.2. The van der Waals surface area contributed by atoms with E-state index in [1.54, 1.807) is 24.4 Å². The van der Waals surface area contributed by atoms with E-state index in [4.69, 9.17) is 16.3 Å². The molecule has 0 aliphatic carbocycles. The first-order valence-corrected chi connectivity index (χ1v) is 7.01. The fourth-order valence-corrected chi connectivity index (χ4v) is 2.28. The number of hydrogen-bond donors (Lipinski definition) is 1. The van der Waals surface area contributed by atoms with Crippen LogP contribution in [0.3, 0.4) is 0 Å². The molecule has 0 aliphatic rings. The van der Waals surface area contributed by atoms with E-state index in [-0.39, 0.29) is 6.61 Å². The van der Waals surface area contributed by atoms with E-state index in [0.717, 1.165) is 16.5 Å². The van der Waals surface area contributed by atoms with Gasteiger partial charge in [0, 0.05) is 22.2 Å². The van der Waals surface area contributed by atoms with Gasteiger partial charge in [-0.25, -0.2) is 0 Å². The zero-order valence-corrected chi connectivity index (χ0v) is 12.0. The third-order valence-corrected chi connectivity index (χ3v) is 3.44. The van der Waals surface area contributed by atoms with Crippen LogP contribution in [-0.2, 0) is 0 Å². The van der Waals surface area contributed by atoms with Crippen LogP contribution in [0.4, 0.5) is 0 Å². The number of benzene rings is 2. The van der Waals surface area contributed by atoms with Crippen molar-refractivity contribution in [2.24, 2.45) is 0 Å². The standard InChI is InChI=1S/C17H14ClNO2/c18-14-5-3-6-15(9-14)21-11-17(20)13-8-12-4-1-2-7-16(12)19-10-13/h1-10,17,20H,11H2. The predicted octanol–water partition coefficient (Wildman–Crippen LogP) is 4.00. The molecule has 0 saturated carbocycles. The Morgan fingerprint density at radius 1 is 1.10 bits per heavy atom. The van der Waals surface area contributed by atoms with E-state index in [0.29, 0.717) is 10.8 Å². The number of ether oxygens (including phenoxy) is 1. The highest BCUT2D eigenvalue weighted by molar-refractivity contribution is 6.30. The largest absolute Gasteiger partial charge is 0.490 e. The Kier molecular flexibility index (Phi) is 4.04. The molecule has 0 amide bonds. The van der Waals surface area contributed by atoms with Crippen LogP contribution >= 0.6 is 11.6 Å². The van der Waals surface area contributed by atoms with Crippen LogP contribution in [0.2, 0.25) is 5.02 Å². The Morgan fingerprint density at radius 2 is 1.95 bits per heavy atom. The molecule has 3 nitrogen and oxygen atoms in total. The number of nitrogens with zero attached hydrogens (tertiary/aromatic N) is 1. The van der Waals surface area contributed by atoms with E-state index >= 15 is 0 Å². The first kappa shape index (κ1) is 13.9. The van der Waals surface area contributed by atoms with Gasteiger partial charge >= 0.3 is 0 Å². The third kappa shape index (κ3) is 3.32. The van der Waals surface area contributed by atoms with Crippen LogP contribution in [0.5, 0.6) is 5.75 Å². The van der Waals surface area contributed by atoms with Crippen molar-refractivity contribution in [1.82, 2.24) is 4.98 Å². The molecule has 0 spiro atoms. The fourth-order valence-electron chi connectivity index (χ4n) is 2.10. The predicted molar refractivity (Wildman–Crippen MR) is 83.6 cm³/mol. The first-order valence-electron chi connectivity index (χ1n) is 6.63. The minimum atomic E-state index is -0.735. The molecule has 0 saturated heterocycles. The lowest BCUT2D eigenvalue weighted by molar-refractivity contribution is 0.108. The average molecular weight is 300 g/mol.